The third-order valence-electron chi connectivity index (χ3n) is 3.97. The van der Waals surface area contributed by atoms with Crippen molar-refractivity contribution in [3.63, 3.8) is 0 Å². The molecule has 0 aliphatic carbocycles. The number of carbonyl (C=O) groups is 1. The summed E-state index contributed by atoms with van der Waals surface area (Å²) in [6, 6.07) is 4.65. The summed E-state index contributed by atoms with van der Waals surface area (Å²) >= 11 is 5.74. The van der Waals surface area contributed by atoms with Gasteiger partial charge < -0.3 is 10.6 Å². The molecule has 1 saturated heterocycles. The normalized spacial score (nSPS) is 17.8. The third-order valence-corrected chi connectivity index (χ3v) is 4.26. The topological polar surface area (TPSA) is 41.1 Å². The van der Waals surface area contributed by atoms with Crippen LogP contribution in [0.2, 0.25) is 5.02 Å². The Morgan fingerprint density at radius 1 is 1.45 bits per heavy atom. The van der Waals surface area contributed by atoms with Gasteiger partial charge in [0.2, 0.25) is 5.91 Å². The molecule has 20 heavy (non-hydrogen) atoms. The predicted octanol–water partition coefficient (Wildman–Crippen LogP) is 3.59. The number of halogens is 2. The molecule has 110 valence electrons. The first kappa shape index (κ1) is 15.3. The number of amides is 1. The largest absolute Gasteiger partial charge is 0.323 e. The number of nitrogens with one attached hydrogen (secondary N) is 2. The standard InChI is InChI=1S/C15H20ClFN2O/c1-2-6-15(7-9-18-10-8-15)14(20)19-12-5-3-4-11(16)13(12)17/h3-5,18H,2,6-10H2,1H3,(H,19,20). The Labute approximate surface area is 123 Å². The summed E-state index contributed by atoms with van der Waals surface area (Å²) in [5, 5.41) is 6.01. The lowest BCUT2D eigenvalue weighted by Gasteiger charge is -2.36. The van der Waals surface area contributed by atoms with Crippen molar-refractivity contribution in [2.75, 3.05) is 18.4 Å². The third kappa shape index (κ3) is 3.13. The number of benzene rings is 1. The average Bonchev–Trinajstić information content (AvgIpc) is 2.45. The van der Waals surface area contributed by atoms with E-state index in [0.717, 1.165) is 38.8 Å². The van der Waals surface area contributed by atoms with Crippen LogP contribution in [-0.4, -0.2) is 19.0 Å². The zero-order chi connectivity index (χ0) is 14.6. The van der Waals surface area contributed by atoms with Crippen molar-refractivity contribution in [1.82, 2.24) is 5.32 Å². The molecule has 1 amide bonds. The minimum absolute atomic E-state index is 0.0256. The average molecular weight is 299 g/mol. The summed E-state index contributed by atoms with van der Waals surface area (Å²) < 4.78 is 13.9. The number of hydrogen-bond acceptors (Lipinski definition) is 2. The van der Waals surface area contributed by atoms with Gasteiger partial charge in [0, 0.05) is 0 Å². The van der Waals surface area contributed by atoms with Gasteiger partial charge in [-0.1, -0.05) is 31.0 Å². The summed E-state index contributed by atoms with van der Waals surface area (Å²) in [5.74, 6) is -0.662. The highest BCUT2D eigenvalue weighted by Crippen LogP contribution is 2.36. The monoisotopic (exact) mass is 298 g/mol. The first-order chi connectivity index (χ1) is 9.59. The van der Waals surface area contributed by atoms with Gasteiger partial charge in [0.25, 0.3) is 0 Å². The van der Waals surface area contributed by atoms with Crippen LogP contribution in [0.3, 0.4) is 0 Å². The van der Waals surface area contributed by atoms with Crippen LogP contribution in [0.15, 0.2) is 18.2 Å². The molecule has 1 fully saturated rings. The van der Waals surface area contributed by atoms with Crippen LogP contribution in [0.5, 0.6) is 0 Å². The van der Waals surface area contributed by atoms with Crippen LogP contribution in [-0.2, 0) is 4.79 Å². The fourth-order valence-electron chi connectivity index (χ4n) is 2.83. The van der Waals surface area contributed by atoms with Gasteiger partial charge >= 0.3 is 0 Å². The Balaban J connectivity index is 2.18. The van der Waals surface area contributed by atoms with Gasteiger partial charge in [0.1, 0.15) is 0 Å². The van der Waals surface area contributed by atoms with E-state index in [2.05, 4.69) is 17.6 Å². The molecule has 0 atom stereocenters. The molecule has 0 unspecified atom stereocenters. The molecule has 1 aromatic rings. The molecule has 5 heteroatoms. The molecule has 1 aliphatic heterocycles. The molecule has 1 heterocycles. The van der Waals surface area contributed by atoms with Crippen LogP contribution >= 0.6 is 11.6 Å². The lowest BCUT2D eigenvalue weighted by molar-refractivity contribution is -0.127. The van der Waals surface area contributed by atoms with Crippen molar-refractivity contribution in [1.29, 1.82) is 0 Å². The van der Waals surface area contributed by atoms with Gasteiger partial charge in [0.15, 0.2) is 5.82 Å². The van der Waals surface area contributed by atoms with E-state index < -0.39 is 11.2 Å². The van der Waals surface area contributed by atoms with Gasteiger partial charge in [0.05, 0.1) is 16.1 Å². The molecule has 0 spiro atoms. The van der Waals surface area contributed by atoms with Crippen LogP contribution in [0.1, 0.15) is 32.6 Å². The minimum atomic E-state index is -0.567. The quantitative estimate of drug-likeness (QED) is 0.892. The van der Waals surface area contributed by atoms with Crippen LogP contribution < -0.4 is 10.6 Å². The predicted molar refractivity (Wildman–Crippen MR) is 79.5 cm³/mol. The maximum absolute atomic E-state index is 13.9. The molecule has 0 aromatic heterocycles. The fourth-order valence-corrected chi connectivity index (χ4v) is 3.00. The van der Waals surface area contributed by atoms with Gasteiger partial charge in [-0.05, 0) is 44.5 Å². The molecule has 3 nitrogen and oxygen atoms in total. The van der Waals surface area contributed by atoms with Crippen molar-refractivity contribution in [2.24, 2.45) is 5.41 Å². The second-order valence-corrected chi connectivity index (χ2v) is 5.74. The lowest BCUT2D eigenvalue weighted by atomic mass is 9.74. The number of hydrogen-bond donors (Lipinski definition) is 2. The zero-order valence-corrected chi connectivity index (χ0v) is 12.4. The number of piperidine rings is 1. The maximum atomic E-state index is 13.9. The van der Waals surface area contributed by atoms with Crippen LogP contribution in [0, 0.1) is 11.2 Å². The van der Waals surface area contributed by atoms with Crippen molar-refractivity contribution in [3.05, 3.63) is 29.0 Å². The van der Waals surface area contributed by atoms with Crippen LogP contribution in [0.25, 0.3) is 0 Å². The second-order valence-electron chi connectivity index (χ2n) is 5.34. The molecular weight excluding hydrogens is 279 g/mol. The Bertz CT molecular complexity index is 481. The van der Waals surface area contributed by atoms with Gasteiger partial charge in [-0.2, -0.15) is 0 Å². The highest BCUT2D eigenvalue weighted by molar-refractivity contribution is 6.31. The number of rotatable bonds is 4. The van der Waals surface area contributed by atoms with Crippen molar-refractivity contribution >= 4 is 23.2 Å². The molecule has 2 N–H and O–H groups in total. The van der Waals surface area contributed by atoms with E-state index in [1.807, 2.05) is 0 Å². The number of carbonyl (C=O) groups excluding carboxylic acids is 1. The SMILES string of the molecule is CCCC1(C(=O)Nc2cccc(Cl)c2F)CCNCC1. The Morgan fingerprint density at radius 2 is 2.15 bits per heavy atom. The Morgan fingerprint density at radius 3 is 2.80 bits per heavy atom. The van der Waals surface area contributed by atoms with E-state index in [1.54, 1.807) is 12.1 Å². The molecule has 0 bridgehead atoms. The highest BCUT2D eigenvalue weighted by Gasteiger charge is 2.38. The van der Waals surface area contributed by atoms with Crippen molar-refractivity contribution in [2.45, 2.75) is 32.6 Å². The minimum Gasteiger partial charge on any atom is -0.323 e. The fraction of sp³-hybridized carbons (Fsp3) is 0.533. The van der Waals surface area contributed by atoms with Gasteiger partial charge in [-0.3, -0.25) is 4.79 Å². The summed E-state index contributed by atoms with van der Waals surface area (Å²) in [6.07, 6.45) is 3.33. The van der Waals surface area contributed by atoms with E-state index in [-0.39, 0.29) is 16.6 Å². The van der Waals surface area contributed by atoms with Gasteiger partial charge in [-0.15, -0.1) is 0 Å². The van der Waals surface area contributed by atoms with E-state index in [0.29, 0.717) is 0 Å². The first-order valence-corrected chi connectivity index (χ1v) is 7.43. The van der Waals surface area contributed by atoms with Crippen molar-refractivity contribution < 1.29 is 9.18 Å². The Kier molecular flexibility index (Phi) is 5.00. The zero-order valence-electron chi connectivity index (χ0n) is 11.6. The highest BCUT2D eigenvalue weighted by atomic mass is 35.5. The molecule has 2 rings (SSSR count). The lowest BCUT2D eigenvalue weighted by Crippen LogP contribution is -2.45. The second kappa shape index (κ2) is 6.55. The Hall–Kier alpha value is -1.13. The maximum Gasteiger partial charge on any atom is 0.230 e. The molecular formula is C15H20ClFN2O. The van der Waals surface area contributed by atoms with E-state index in [4.69, 9.17) is 11.6 Å². The number of anilines is 1. The summed E-state index contributed by atoms with van der Waals surface area (Å²) in [4.78, 5) is 12.6. The van der Waals surface area contributed by atoms with Gasteiger partial charge in [-0.25, -0.2) is 4.39 Å². The van der Waals surface area contributed by atoms with E-state index in [9.17, 15) is 9.18 Å². The first-order valence-electron chi connectivity index (χ1n) is 7.05. The molecule has 0 radical (unpaired) electrons. The smallest absolute Gasteiger partial charge is 0.230 e. The van der Waals surface area contributed by atoms with E-state index >= 15 is 0 Å². The summed E-state index contributed by atoms with van der Waals surface area (Å²) in [6.45, 7) is 3.72. The molecule has 0 saturated carbocycles. The van der Waals surface area contributed by atoms with Crippen LogP contribution in [0.4, 0.5) is 10.1 Å². The molecule has 1 aromatic carbocycles. The summed E-state index contributed by atoms with van der Waals surface area (Å²) in [7, 11) is 0. The molecule has 1 aliphatic rings. The van der Waals surface area contributed by atoms with Crippen molar-refractivity contribution in [3.8, 4) is 0 Å². The van der Waals surface area contributed by atoms with E-state index in [1.165, 1.54) is 6.07 Å². The summed E-state index contributed by atoms with van der Waals surface area (Å²) in [5.41, 5.74) is -0.231.